The van der Waals surface area contributed by atoms with Crippen molar-refractivity contribution < 1.29 is 40.3 Å². The van der Waals surface area contributed by atoms with Gasteiger partial charge in [-0.1, -0.05) is 6.07 Å². The molecule has 0 fully saturated rings. The van der Waals surface area contributed by atoms with E-state index in [2.05, 4.69) is 0 Å². The van der Waals surface area contributed by atoms with Gasteiger partial charge in [0.15, 0.2) is 5.78 Å². The molecule has 25 heavy (non-hydrogen) atoms. The van der Waals surface area contributed by atoms with E-state index in [1.807, 2.05) is 0 Å². The van der Waals surface area contributed by atoms with Crippen LogP contribution in [0, 0.1) is 11.7 Å². The van der Waals surface area contributed by atoms with Crippen molar-refractivity contribution >= 4 is 5.78 Å². The number of carbonyl (C=O) groups excluding carboxylic acids is 1. The summed E-state index contributed by atoms with van der Waals surface area (Å²) < 4.78 is 95.6. The number of ether oxygens (including phenoxy) is 1. The van der Waals surface area contributed by atoms with E-state index in [9.17, 15) is 35.5 Å². The zero-order valence-electron chi connectivity index (χ0n) is 12.6. The smallest absolute Gasteiger partial charge is 0.416 e. The van der Waals surface area contributed by atoms with Crippen LogP contribution >= 0.6 is 0 Å². The largest absolute Gasteiger partial charge is 0.492 e. The van der Waals surface area contributed by atoms with E-state index in [0.717, 1.165) is 12.1 Å². The average molecular weight is 368 g/mol. The Morgan fingerprint density at radius 1 is 1.04 bits per heavy atom. The molecule has 1 aliphatic rings. The highest BCUT2D eigenvalue weighted by atomic mass is 19.4. The molecule has 2 rings (SSSR count). The number of halogens is 7. The van der Waals surface area contributed by atoms with Gasteiger partial charge < -0.3 is 4.74 Å². The molecular weight excluding hydrogens is 357 g/mol. The molecule has 0 saturated heterocycles. The van der Waals surface area contributed by atoms with Crippen LogP contribution in [-0.2, 0) is 22.3 Å². The van der Waals surface area contributed by atoms with Crippen molar-refractivity contribution in [2.75, 3.05) is 0 Å². The van der Waals surface area contributed by atoms with Crippen LogP contribution < -0.4 is 0 Å². The molecule has 1 unspecified atom stereocenters. The number of ketones is 1. The maximum Gasteiger partial charge on any atom is 0.416 e. The lowest BCUT2D eigenvalue weighted by molar-refractivity contribution is -0.139. The highest BCUT2D eigenvalue weighted by molar-refractivity contribution is 5.95. The standard InChI is InChI=1S/C16H11F7O2/c1-8-13(24)5-9(15(18,19)20)6-14(8)25-7-10-11(16(21,22)23)3-2-4-12(10)17/h2-6,8H,7H2,1H3. The van der Waals surface area contributed by atoms with Crippen molar-refractivity contribution in [3.8, 4) is 0 Å². The minimum atomic E-state index is -4.86. The Hall–Kier alpha value is -2.32. The molecule has 0 radical (unpaired) electrons. The number of alkyl halides is 6. The molecule has 0 heterocycles. The Balaban J connectivity index is 2.31. The van der Waals surface area contributed by atoms with Gasteiger partial charge in [0.25, 0.3) is 0 Å². The molecule has 1 aromatic carbocycles. The summed E-state index contributed by atoms with van der Waals surface area (Å²) in [5.41, 5.74) is -3.43. The molecule has 0 amide bonds. The summed E-state index contributed by atoms with van der Waals surface area (Å²) >= 11 is 0. The van der Waals surface area contributed by atoms with Crippen molar-refractivity contribution in [1.29, 1.82) is 0 Å². The number of benzene rings is 1. The third-order valence-electron chi connectivity index (χ3n) is 3.58. The van der Waals surface area contributed by atoms with Crippen LogP contribution in [0.3, 0.4) is 0 Å². The number of allylic oxidation sites excluding steroid dienone is 4. The Morgan fingerprint density at radius 3 is 2.24 bits per heavy atom. The molecule has 0 spiro atoms. The van der Waals surface area contributed by atoms with E-state index in [-0.39, 0.29) is 0 Å². The summed E-state index contributed by atoms with van der Waals surface area (Å²) in [6, 6.07) is 2.27. The number of hydrogen-bond donors (Lipinski definition) is 0. The molecule has 9 heteroatoms. The Bertz CT molecular complexity index is 742. The van der Waals surface area contributed by atoms with Crippen molar-refractivity contribution in [3.63, 3.8) is 0 Å². The van der Waals surface area contributed by atoms with Gasteiger partial charge in [-0.2, -0.15) is 26.3 Å². The number of hydrogen-bond acceptors (Lipinski definition) is 2. The summed E-state index contributed by atoms with van der Waals surface area (Å²) in [6.07, 6.45) is -8.76. The second kappa shape index (κ2) is 6.53. The fourth-order valence-electron chi connectivity index (χ4n) is 2.20. The quantitative estimate of drug-likeness (QED) is 0.706. The molecule has 0 aliphatic heterocycles. The summed E-state index contributed by atoms with van der Waals surface area (Å²) in [6.45, 7) is 0.278. The summed E-state index contributed by atoms with van der Waals surface area (Å²) in [5, 5.41) is 0. The van der Waals surface area contributed by atoms with Gasteiger partial charge in [0.2, 0.25) is 0 Å². The first kappa shape index (κ1) is 19.0. The van der Waals surface area contributed by atoms with Crippen molar-refractivity contribution in [2.24, 2.45) is 5.92 Å². The minimum absolute atomic E-state index is 0.391. The molecular formula is C16H11F7O2. The first-order chi connectivity index (χ1) is 11.4. The third-order valence-corrected chi connectivity index (χ3v) is 3.58. The first-order valence-corrected chi connectivity index (χ1v) is 6.93. The van der Waals surface area contributed by atoms with Gasteiger partial charge >= 0.3 is 12.4 Å². The van der Waals surface area contributed by atoms with Crippen LogP contribution in [0.2, 0.25) is 0 Å². The second-order valence-corrected chi connectivity index (χ2v) is 5.32. The predicted octanol–water partition coefficient (Wildman–Crippen LogP) is 4.95. The summed E-state index contributed by atoms with van der Waals surface area (Å²) in [7, 11) is 0. The van der Waals surface area contributed by atoms with Crippen molar-refractivity contribution in [2.45, 2.75) is 25.9 Å². The maximum atomic E-state index is 13.7. The lowest BCUT2D eigenvalue weighted by Gasteiger charge is -2.22. The Morgan fingerprint density at radius 2 is 1.68 bits per heavy atom. The predicted molar refractivity (Wildman–Crippen MR) is 72.6 cm³/mol. The van der Waals surface area contributed by atoms with E-state index >= 15 is 0 Å². The van der Waals surface area contributed by atoms with Crippen LogP contribution in [0.25, 0.3) is 0 Å². The highest BCUT2D eigenvalue weighted by Crippen LogP contribution is 2.36. The fraction of sp³-hybridized carbons (Fsp3) is 0.312. The first-order valence-electron chi connectivity index (χ1n) is 6.93. The minimum Gasteiger partial charge on any atom is -0.492 e. The topological polar surface area (TPSA) is 26.3 Å². The van der Waals surface area contributed by atoms with E-state index < -0.39 is 58.9 Å². The van der Waals surface area contributed by atoms with E-state index in [4.69, 9.17) is 4.74 Å². The monoisotopic (exact) mass is 368 g/mol. The van der Waals surface area contributed by atoms with Gasteiger partial charge in [-0.05, 0) is 31.2 Å². The molecule has 136 valence electrons. The van der Waals surface area contributed by atoms with Crippen LogP contribution in [-0.4, -0.2) is 12.0 Å². The van der Waals surface area contributed by atoms with Gasteiger partial charge in [-0.3, -0.25) is 4.79 Å². The van der Waals surface area contributed by atoms with Gasteiger partial charge in [-0.15, -0.1) is 0 Å². The zero-order valence-corrected chi connectivity index (χ0v) is 12.6. The lowest BCUT2D eigenvalue weighted by atomic mass is 9.94. The molecule has 0 bridgehead atoms. The van der Waals surface area contributed by atoms with Crippen LogP contribution in [0.4, 0.5) is 30.7 Å². The molecule has 0 N–H and O–H groups in total. The summed E-state index contributed by atoms with van der Waals surface area (Å²) in [4.78, 5) is 11.6. The zero-order chi connectivity index (χ0) is 19.0. The molecule has 1 atom stereocenters. The second-order valence-electron chi connectivity index (χ2n) is 5.32. The van der Waals surface area contributed by atoms with Crippen molar-refractivity contribution in [1.82, 2.24) is 0 Å². The average Bonchev–Trinajstić information content (AvgIpc) is 2.47. The fourth-order valence-corrected chi connectivity index (χ4v) is 2.20. The Labute approximate surface area is 137 Å². The molecule has 1 aliphatic carbocycles. The van der Waals surface area contributed by atoms with Gasteiger partial charge in [0, 0.05) is 5.56 Å². The molecule has 2 nitrogen and oxygen atoms in total. The lowest BCUT2D eigenvalue weighted by Crippen LogP contribution is -2.23. The van der Waals surface area contributed by atoms with E-state index in [1.54, 1.807) is 0 Å². The normalized spacial score (nSPS) is 18.7. The molecule has 0 aromatic heterocycles. The number of carbonyl (C=O) groups is 1. The van der Waals surface area contributed by atoms with Gasteiger partial charge in [-0.25, -0.2) is 4.39 Å². The molecule has 1 aromatic rings. The van der Waals surface area contributed by atoms with Gasteiger partial charge in [0.1, 0.15) is 18.2 Å². The van der Waals surface area contributed by atoms with Crippen LogP contribution in [0.5, 0.6) is 0 Å². The SMILES string of the molecule is CC1C(=O)C=C(C(F)(F)F)C=C1OCc1c(F)cccc1C(F)(F)F. The van der Waals surface area contributed by atoms with Crippen LogP contribution in [0.1, 0.15) is 18.1 Å². The Kier molecular flexibility index (Phi) is 4.97. The number of rotatable bonds is 3. The van der Waals surface area contributed by atoms with E-state index in [1.165, 1.54) is 6.92 Å². The van der Waals surface area contributed by atoms with Gasteiger partial charge in [0.05, 0.1) is 17.1 Å². The maximum absolute atomic E-state index is 13.7. The summed E-state index contributed by atoms with van der Waals surface area (Å²) in [5.74, 6) is -3.71. The van der Waals surface area contributed by atoms with Crippen LogP contribution in [0.15, 0.2) is 41.7 Å². The molecule has 0 saturated carbocycles. The highest BCUT2D eigenvalue weighted by Gasteiger charge is 2.38. The third kappa shape index (κ3) is 4.21. The van der Waals surface area contributed by atoms with E-state index in [0.29, 0.717) is 18.2 Å². The van der Waals surface area contributed by atoms with Crippen molar-refractivity contribution in [3.05, 3.63) is 58.6 Å².